The number of piperazine rings is 1. The second-order valence-corrected chi connectivity index (χ2v) is 5.40. The smallest absolute Gasteiger partial charge is 0.272 e. The zero-order chi connectivity index (χ0) is 15.5. The standard InChI is InChI=1S/C15H19N5O2/c1-11(14-17-12(2)18-22-14)19-7-9-20(10-8-19)15(21)13-5-3-4-6-16-13/h3-6,11H,7-10H2,1-2H3/t11-/m1/s1. The molecule has 1 atom stereocenters. The zero-order valence-corrected chi connectivity index (χ0v) is 12.8. The number of carbonyl (C=O) groups excluding carboxylic acids is 1. The van der Waals surface area contributed by atoms with E-state index in [-0.39, 0.29) is 11.9 Å². The van der Waals surface area contributed by atoms with Gasteiger partial charge in [0.1, 0.15) is 5.69 Å². The number of rotatable bonds is 3. The fraction of sp³-hybridized carbons (Fsp3) is 0.467. The van der Waals surface area contributed by atoms with Crippen LogP contribution in [0.3, 0.4) is 0 Å². The Labute approximate surface area is 128 Å². The molecule has 1 fully saturated rings. The van der Waals surface area contributed by atoms with Crippen molar-refractivity contribution in [1.82, 2.24) is 24.9 Å². The maximum absolute atomic E-state index is 12.4. The second-order valence-electron chi connectivity index (χ2n) is 5.40. The van der Waals surface area contributed by atoms with Crippen molar-refractivity contribution in [3.8, 4) is 0 Å². The minimum atomic E-state index is -0.0125. The Morgan fingerprint density at radius 2 is 2.05 bits per heavy atom. The van der Waals surface area contributed by atoms with Crippen LogP contribution in [0.2, 0.25) is 0 Å². The lowest BCUT2D eigenvalue weighted by molar-refractivity contribution is 0.0546. The molecule has 1 amide bonds. The lowest BCUT2D eigenvalue weighted by Gasteiger charge is -2.36. The fourth-order valence-corrected chi connectivity index (χ4v) is 2.60. The summed E-state index contributed by atoms with van der Waals surface area (Å²) in [5.41, 5.74) is 0.497. The average Bonchev–Trinajstić information content (AvgIpc) is 3.01. The van der Waals surface area contributed by atoms with Gasteiger partial charge in [-0.1, -0.05) is 11.2 Å². The van der Waals surface area contributed by atoms with E-state index in [9.17, 15) is 4.79 Å². The summed E-state index contributed by atoms with van der Waals surface area (Å²) in [4.78, 5) is 24.8. The van der Waals surface area contributed by atoms with Crippen LogP contribution in [0.15, 0.2) is 28.9 Å². The summed E-state index contributed by atoms with van der Waals surface area (Å²) in [7, 11) is 0. The number of nitrogens with zero attached hydrogens (tertiary/aromatic N) is 5. The molecular formula is C15H19N5O2. The van der Waals surface area contributed by atoms with E-state index in [0.29, 0.717) is 30.5 Å². The molecule has 0 unspecified atom stereocenters. The molecule has 7 nitrogen and oxygen atoms in total. The average molecular weight is 301 g/mol. The Morgan fingerprint density at radius 1 is 1.27 bits per heavy atom. The molecule has 3 heterocycles. The third-order valence-electron chi connectivity index (χ3n) is 3.93. The Balaban J connectivity index is 1.59. The van der Waals surface area contributed by atoms with E-state index in [1.54, 1.807) is 12.3 Å². The Morgan fingerprint density at radius 3 is 2.64 bits per heavy atom. The summed E-state index contributed by atoms with van der Waals surface area (Å²) >= 11 is 0. The Bertz CT molecular complexity index is 634. The van der Waals surface area contributed by atoms with E-state index in [1.807, 2.05) is 30.9 Å². The fourth-order valence-electron chi connectivity index (χ4n) is 2.60. The SMILES string of the molecule is Cc1noc([C@@H](C)N2CCN(C(=O)c3ccccn3)CC2)n1. The van der Waals surface area contributed by atoms with Gasteiger partial charge in [0.15, 0.2) is 5.82 Å². The van der Waals surface area contributed by atoms with Crippen molar-refractivity contribution >= 4 is 5.91 Å². The van der Waals surface area contributed by atoms with Crippen LogP contribution in [-0.4, -0.2) is 57.0 Å². The largest absolute Gasteiger partial charge is 0.338 e. The lowest BCUT2D eigenvalue weighted by atomic mass is 10.2. The molecule has 116 valence electrons. The highest BCUT2D eigenvalue weighted by Crippen LogP contribution is 2.20. The first-order chi connectivity index (χ1) is 10.6. The molecule has 1 saturated heterocycles. The van der Waals surface area contributed by atoms with Gasteiger partial charge in [-0.25, -0.2) is 0 Å². The predicted molar refractivity (Wildman–Crippen MR) is 79.2 cm³/mol. The zero-order valence-electron chi connectivity index (χ0n) is 12.8. The minimum absolute atomic E-state index is 0.0125. The number of aromatic nitrogens is 3. The molecular weight excluding hydrogens is 282 g/mol. The van der Waals surface area contributed by atoms with Crippen LogP contribution >= 0.6 is 0 Å². The van der Waals surface area contributed by atoms with Gasteiger partial charge in [-0.05, 0) is 26.0 Å². The molecule has 1 aliphatic rings. The maximum atomic E-state index is 12.4. The molecule has 2 aromatic rings. The van der Waals surface area contributed by atoms with Gasteiger partial charge in [0.05, 0.1) is 6.04 Å². The third-order valence-corrected chi connectivity index (χ3v) is 3.93. The summed E-state index contributed by atoms with van der Waals surface area (Å²) in [6.45, 7) is 6.76. The van der Waals surface area contributed by atoms with E-state index in [1.165, 1.54) is 0 Å². The van der Waals surface area contributed by atoms with Crippen molar-refractivity contribution in [3.05, 3.63) is 41.8 Å². The highest BCUT2D eigenvalue weighted by atomic mass is 16.5. The minimum Gasteiger partial charge on any atom is -0.338 e. The van der Waals surface area contributed by atoms with E-state index >= 15 is 0 Å². The molecule has 0 radical (unpaired) electrons. The molecule has 0 saturated carbocycles. The number of hydrogen-bond acceptors (Lipinski definition) is 6. The van der Waals surface area contributed by atoms with Crippen LogP contribution in [0.25, 0.3) is 0 Å². The van der Waals surface area contributed by atoms with Crippen molar-refractivity contribution in [2.75, 3.05) is 26.2 Å². The summed E-state index contributed by atoms with van der Waals surface area (Å²) in [6, 6.07) is 5.45. The quantitative estimate of drug-likeness (QED) is 0.850. The molecule has 1 aliphatic heterocycles. The predicted octanol–water partition coefficient (Wildman–Crippen LogP) is 1.29. The molecule has 0 spiro atoms. The van der Waals surface area contributed by atoms with Gasteiger partial charge in [0.2, 0.25) is 5.89 Å². The van der Waals surface area contributed by atoms with E-state index in [4.69, 9.17) is 4.52 Å². The molecule has 0 N–H and O–H groups in total. The molecule has 0 aliphatic carbocycles. The normalized spacial score (nSPS) is 17.5. The van der Waals surface area contributed by atoms with E-state index in [0.717, 1.165) is 13.1 Å². The summed E-state index contributed by atoms with van der Waals surface area (Å²) in [5, 5.41) is 3.83. The van der Waals surface area contributed by atoms with E-state index in [2.05, 4.69) is 20.0 Å². The van der Waals surface area contributed by atoms with Gasteiger partial charge < -0.3 is 9.42 Å². The van der Waals surface area contributed by atoms with Crippen LogP contribution in [-0.2, 0) is 0 Å². The third kappa shape index (κ3) is 2.99. The highest BCUT2D eigenvalue weighted by Gasteiger charge is 2.28. The van der Waals surface area contributed by atoms with Gasteiger partial charge in [-0.15, -0.1) is 0 Å². The van der Waals surface area contributed by atoms with Crippen molar-refractivity contribution in [2.45, 2.75) is 19.9 Å². The first-order valence-corrected chi connectivity index (χ1v) is 7.39. The molecule has 0 bridgehead atoms. The summed E-state index contributed by atoms with van der Waals surface area (Å²) in [6.07, 6.45) is 1.64. The Hall–Kier alpha value is -2.28. The number of hydrogen-bond donors (Lipinski definition) is 0. The summed E-state index contributed by atoms with van der Waals surface area (Å²) in [5.74, 6) is 1.26. The van der Waals surface area contributed by atoms with Crippen LogP contribution in [0, 0.1) is 6.92 Å². The van der Waals surface area contributed by atoms with Gasteiger partial charge in [0.25, 0.3) is 5.91 Å². The van der Waals surface area contributed by atoms with E-state index < -0.39 is 0 Å². The monoisotopic (exact) mass is 301 g/mol. The lowest BCUT2D eigenvalue weighted by Crippen LogP contribution is -2.49. The molecule has 2 aromatic heterocycles. The number of aryl methyl sites for hydroxylation is 1. The first-order valence-electron chi connectivity index (χ1n) is 7.39. The molecule has 22 heavy (non-hydrogen) atoms. The second kappa shape index (κ2) is 6.23. The molecule has 7 heteroatoms. The Kier molecular flexibility index (Phi) is 4.15. The van der Waals surface area contributed by atoms with Gasteiger partial charge in [-0.2, -0.15) is 4.98 Å². The molecule has 0 aromatic carbocycles. The van der Waals surface area contributed by atoms with Crippen LogP contribution in [0.1, 0.15) is 35.2 Å². The van der Waals surface area contributed by atoms with Crippen molar-refractivity contribution in [1.29, 1.82) is 0 Å². The van der Waals surface area contributed by atoms with Crippen molar-refractivity contribution in [2.24, 2.45) is 0 Å². The maximum Gasteiger partial charge on any atom is 0.272 e. The van der Waals surface area contributed by atoms with Gasteiger partial charge in [0, 0.05) is 32.4 Å². The molecule has 3 rings (SSSR count). The topological polar surface area (TPSA) is 75.4 Å². The van der Waals surface area contributed by atoms with Crippen LogP contribution < -0.4 is 0 Å². The number of carbonyl (C=O) groups is 1. The number of amides is 1. The first kappa shape index (κ1) is 14.6. The van der Waals surface area contributed by atoms with Gasteiger partial charge in [-0.3, -0.25) is 14.7 Å². The van der Waals surface area contributed by atoms with Crippen LogP contribution in [0.5, 0.6) is 0 Å². The van der Waals surface area contributed by atoms with Crippen LogP contribution in [0.4, 0.5) is 0 Å². The van der Waals surface area contributed by atoms with Gasteiger partial charge >= 0.3 is 0 Å². The van der Waals surface area contributed by atoms with Crippen molar-refractivity contribution in [3.63, 3.8) is 0 Å². The number of pyridine rings is 1. The summed E-state index contributed by atoms with van der Waals surface area (Å²) < 4.78 is 5.23. The highest BCUT2D eigenvalue weighted by molar-refractivity contribution is 5.92. The van der Waals surface area contributed by atoms with Crippen molar-refractivity contribution < 1.29 is 9.32 Å².